The van der Waals surface area contributed by atoms with Gasteiger partial charge in [-0.3, -0.25) is 9.78 Å². The van der Waals surface area contributed by atoms with Gasteiger partial charge in [0.05, 0.1) is 12.2 Å². The van der Waals surface area contributed by atoms with Crippen LogP contribution >= 0.6 is 0 Å². The number of hydrogen-bond acceptors (Lipinski definition) is 6. The Morgan fingerprint density at radius 3 is 2.79 bits per heavy atom. The van der Waals surface area contributed by atoms with Crippen LogP contribution in [-0.4, -0.2) is 30.0 Å². The summed E-state index contributed by atoms with van der Waals surface area (Å²) in [6.45, 7) is 1.83. The van der Waals surface area contributed by atoms with E-state index in [1.54, 1.807) is 55.7 Å². The van der Waals surface area contributed by atoms with Crippen molar-refractivity contribution in [3.63, 3.8) is 0 Å². The molecule has 1 aliphatic rings. The SMILES string of the molecule is CCOC(=O)COc1ccc2c(c1)O/C(=C\c1ccncc1)C2=O. The largest absolute Gasteiger partial charge is 0.482 e. The topological polar surface area (TPSA) is 74.7 Å². The van der Waals surface area contributed by atoms with E-state index in [1.165, 1.54) is 0 Å². The number of Topliss-reactive ketones (excluding diaryl/α,β-unsaturated/α-hetero) is 1. The molecule has 3 rings (SSSR count). The van der Waals surface area contributed by atoms with Crippen molar-refractivity contribution < 1.29 is 23.8 Å². The molecule has 2 heterocycles. The van der Waals surface area contributed by atoms with E-state index < -0.39 is 5.97 Å². The molecule has 0 spiro atoms. The van der Waals surface area contributed by atoms with Gasteiger partial charge in [-0.25, -0.2) is 4.79 Å². The number of benzene rings is 1. The van der Waals surface area contributed by atoms with Gasteiger partial charge >= 0.3 is 5.97 Å². The maximum Gasteiger partial charge on any atom is 0.344 e. The van der Waals surface area contributed by atoms with Gasteiger partial charge in [0.1, 0.15) is 11.5 Å². The Kier molecular flexibility index (Phi) is 4.56. The van der Waals surface area contributed by atoms with Gasteiger partial charge in [-0.2, -0.15) is 0 Å². The van der Waals surface area contributed by atoms with Gasteiger partial charge in [0, 0.05) is 18.5 Å². The molecule has 0 saturated heterocycles. The summed E-state index contributed by atoms with van der Waals surface area (Å²) >= 11 is 0. The molecule has 0 atom stereocenters. The van der Waals surface area contributed by atoms with Crippen LogP contribution < -0.4 is 9.47 Å². The third kappa shape index (κ3) is 3.43. The predicted molar refractivity (Wildman–Crippen MR) is 85.7 cm³/mol. The molecule has 0 saturated carbocycles. The smallest absolute Gasteiger partial charge is 0.344 e. The first kappa shape index (κ1) is 15.7. The third-order valence-corrected chi connectivity index (χ3v) is 3.31. The van der Waals surface area contributed by atoms with Crippen LogP contribution in [0.5, 0.6) is 11.5 Å². The summed E-state index contributed by atoms with van der Waals surface area (Å²) < 4.78 is 15.7. The highest BCUT2D eigenvalue weighted by atomic mass is 16.6. The van der Waals surface area contributed by atoms with Crippen LogP contribution in [0.2, 0.25) is 0 Å². The average molecular weight is 325 g/mol. The summed E-state index contributed by atoms with van der Waals surface area (Å²) in [5.41, 5.74) is 1.28. The van der Waals surface area contributed by atoms with Gasteiger partial charge in [-0.1, -0.05) is 0 Å². The molecule has 1 aliphatic heterocycles. The van der Waals surface area contributed by atoms with Gasteiger partial charge in [-0.05, 0) is 42.8 Å². The van der Waals surface area contributed by atoms with E-state index in [0.717, 1.165) is 5.56 Å². The van der Waals surface area contributed by atoms with Crippen molar-refractivity contribution in [3.8, 4) is 11.5 Å². The highest BCUT2D eigenvalue weighted by Crippen LogP contribution is 2.34. The molecule has 0 radical (unpaired) electrons. The predicted octanol–water partition coefficient (Wildman–Crippen LogP) is 2.64. The van der Waals surface area contributed by atoms with Crippen molar-refractivity contribution in [2.24, 2.45) is 0 Å². The fraction of sp³-hybridized carbons (Fsp3) is 0.167. The van der Waals surface area contributed by atoms with E-state index in [9.17, 15) is 9.59 Å². The lowest BCUT2D eigenvalue weighted by Gasteiger charge is -2.06. The van der Waals surface area contributed by atoms with Crippen LogP contribution in [0.15, 0.2) is 48.5 Å². The molecule has 0 fully saturated rings. The summed E-state index contributed by atoms with van der Waals surface area (Å²) in [5, 5.41) is 0. The van der Waals surface area contributed by atoms with Gasteiger partial charge in [-0.15, -0.1) is 0 Å². The first-order valence-electron chi connectivity index (χ1n) is 7.44. The zero-order valence-corrected chi connectivity index (χ0v) is 13.0. The summed E-state index contributed by atoms with van der Waals surface area (Å²) in [4.78, 5) is 27.6. The van der Waals surface area contributed by atoms with Crippen LogP contribution in [-0.2, 0) is 9.53 Å². The number of ether oxygens (including phenoxy) is 3. The van der Waals surface area contributed by atoms with E-state index in [4.69, 9.17) is 14.2 Å². The average Bonchev–Trinajstić information content (AvgIpc) is 2.90. The Morgan fingerprint density at radius 1 is 1.25 bits per heavy atom. The van der Waals surface area contributed by atoms with E-state index in [-0.39, 0.29) is 18.1 Å². The second-order valence-electron chi connectivity index (χ2n) is 4.97. The molecular formula is C18H15NO5. The van der Waals surface area contributed by atoms with Gasteiger partial charge in [0.2, 0.25) is 5.78 Å². The minimum atomic E-state index is -0.451. The van der Waals surface area contributed by atoms with Crippen LogP contribution in [0.3, 0.4) is 0 Å². The molecule has 24 heavy (non-hydrogen) atoms. The molecule has 0 amide bonds. The number of carbonyl (C=O) groups excluding carboxylic acids is 2. The summed E-state index contributed by atoms with van der Waals surface area (Å²) in [6.07, 6.45) is 4.93. The second kappa shape index (κ2) is 6.95. The minimum Gasteiger partial charge on any atom is -0.482 e. The van der Waals surface area contributed by atoms with Crippen LogP contribution in [0, 0.1) is 0 Å². The van der Waals surface area contributed by atoms with Gasteiger partial charge < -0.3 is 14.2 Å². The van der Waals surface area contributed by atoms with Crippen molar-refractivity contribution in [1.82, 2.24) is 4.98 Å². The molecule has 1 aromatic heterocycles. The van der Waals surface area contributed by atoms with E-state index in [2.05, 4.69) is 4.98 Å². The number of rotatable bonds is 5. The maximum absolute atomic E-state index is 12.3. The van der Waals surface area contributed by atoms with Crippen LogP contribution in [0.4, 0.5) is 0 Å². The standard InChI is InChI=1S/C18H15NO5/c1-2-22-17(20)11-23-13-3-4-14-15(10-13)24-16(18(14)21)9-12-5-7-19-8-6-12/h3-10H,2,11H2,1H3/b16-9-. The molecule has 1 aromatic carbocycles. The Morgan fingerprint density at radius 2 is 2.04 bits per heavy atom. The molecule has 122 valence electrons. The summed E-state index contributed by atoms with van der Waals surface area (Å²) in [6, 6.07) is 8.38. The first-order chi connectivity index (χ1) is 11.7. The monoisotopic (exact) mass is 325 g/mol. The summed E-state index contributed by atoms with van der Waals surface area (Å²) in [5.74, 6) is 0.423. The zero-order chi connectivity index (χ0) is 16.9. The number of hydrogen-bond donors (Lipinski definition) is 0. The van der Waals surface area contributed by atoms with Crippen molar-refractivity contribution in [2.45, 2.75) is 6.92 Å². The summed E-state index contributed by atoms with van der Waals surface area (Å²) in [7, 11) is 0. The van der Waals surface area contributed by atoms with Crippen LogP contribution in [0.1, 0.15) is 22.8 Å². The Hall–Kier alpha value is -3.15. The lowest BCUT2D eigenvalue weighted by molar-refractivity contribution is -0.145. The Bertz CT molecular complexity index is 798. The van der Waals surface area contributed by atoms with Crippen molar-refractivity contribution in [1.29, 1.82) is 0 Å². The lowest BCUT2D eigenvalue weighted by atomic mass is 10.1. The Labute approximate surface area is 138 Å². The van der Waals surface area contributed by atoms with Crippen molar-refractivity contribution >= 4 is 17.8 Å². The molecule has 6 nitrogen and oxygen atoms in total. The van der Waals surface area contributed by atoms with Crippen LogP contribution in [0.25, 0.3) is 6.08 Å². The quantitative estimate of drug-likeness (QED) is 0.621. The number of aromatic nitrogens is 1. The van der Waals surface area contributed by atoms with E-state index in [0.29, 0.717) is 23.7 Å². The minimum absolute atomic E-state index is 0.194. The number of fused-ring (bicyclic) bond motifs is 1. The molecule has 0 aliphatic carbocycles. The number of nitrogens with zero attached hydrogens (tertiary/aromatic N) is 1. The van der Waals surface area contributed by atoms with Gasteiger partial charge in [0.15, 0.2) is 12.4 Å². The zero-order valence-electron chi connectivity index (χ0n) is 13.0. The third-order valence-electron chi connectivity index (χ3n) is 3.31. The van der Waals surface area contributed by atoms with Crippen molar-refractivity contribution in [2.75, 3.05) is 13.2 Å². The normalized spacial score (nSPS) is 14.2. The molecular weight excluding hydrogens is 310 g/mol. The number of allylic oxidation sites excluding steroid dienone is 1. The molecule has 0 bridgehead atoms. The molecule has 0 N–H and O–H groups in total. The number of ketones is 1. The lowest BCUT2D eigenvalue weighted by Crippen LogP contribution is -2.14. The Balaban J connectivity index is 1.74. The van der Waals surface area contributed by atoms with Crippen molar-refractivity contribution in [3.05, 3.63) is 59.6 Å². The van der Waals surface area contributed by atoms with E-state index >= 15 is 0 Å². The number of esters is 1. The maximum atomic E-state index is 12.3. The second-order valence-corrected chi connectivity index (χ2v) is 4.97. The highest BCUT2D eigenvalue weighted by molar-refractivity contribution is 6.14. The first-order valence-corrected chi connectivity index (χ1v) is 7.44. The molecule has 2 aromatic rings. The highest BCUT2D eigenvalue weighted by Gasteiger charge is 2.27. The molecule has 6 heteroatoms. The fourth-order valence-electron chi connectivity index (χ4n) is 2.21. The fourth-order valence-corrected chi connectivity index (χ4v) is 2.21. The van der Waals surface area contributed by atoms with E-state index in [1.807, 2.05) is 0 Å². The van der Waals surface area contributed by atoms with Gasteiger partial charge in [0.25, 0.3) is 0 Å². The number of carbonyl (C=O) groups is 2. The number of pyridine rings is 1. The molecule has 0 unspecified atom stereocenters.